The van der Waals surface area contributed by atoms with Crippen molar-refractivity contribution in [3.63, 3.8) is 0 Å². The summed E-state index contributed by atoms with van der Waals surface area (Å²) >= 11 is 0. The second-order valence-electron chi connectivity index (χ2n) is 11.9. The standard InChI is InChI=1S/C33H29ClN6O12S4/c1-4-39(21-11-14-23(15-12-21)55(34,49)50)33(42)26-19-29(36-35-27-16-13-22(40(43)44)18-30(27)53(2,45)46)31-25(32(26)41)9-6-10-28(31)38-56(51,52)24-8-5-7-20(17-24)37-54(3,47)48/h5-19,37-38,41H,4H2,1-3H3. The van der Waals surface area contributed by atoms with Crippen molar-refractivity contribution in [1.29, 1.82) is 0 Å². The molecule has 5 rings (SSSR count). The third-order valence-corrected chi connectivity index (χ3v) is 12.3. The average Bonchev–Trinajstić information content (AvgIpc) is 3.10. The zero-order valence-corrected chi connectivity index (χ0v) is 33.1. The number of hydrogen-bond donors (Lipinski definition) is 3. The van der Waals surface area contributed by atoms with Crippen molar-refractivity contribution < 1.29 is 48.5 Å². The van der Waals surface area contributed by atoms with Crippen LogP contribution in [-0.4, -0.2) is 68.7 Å². The van der Waals surface area contributed by atoms with Crippen molar-refractivity contribution in [2.75, 3.05) is 33.4 Å². The number of nitro benzene ring substituents is 1. The number of halogens is 1. The Balaban J connectivity index is 1.72. The zero-order chi connectivity index (χ0) is 41.4. The molecule has 56 heavy (non-hydrogen) atoms. The molecule has 0 heterocycles. The monoisotopic (exact) mass is 864 g/mol. The minimum absolute atomic E-state index is 0.00621. The maximum atomic E-state index is 14.1. The Kier molecular flexibility index (Phi) is 11.4. The summed E-state index contributed by atoms with van der Waals surface area (Å²) in [5.74, 6) is -1.48. The number of nitro groups is 1. The smallest absolute Gasteiger partial charge is 0.270 e. The summed E-state index contributed by atoms with van der Waals surface area (Å²) in [6.45, 7) is 1.59. The van der Waals surface area contributed by atoms with Crippen LogP contribution in [0.3, 0.4) is 0 Å². The van der Waals surface area contributed by atoms with E-state index in [4.69, 9.17) is 10.7 Å². The van der Waals surface area contributed by atoms with Crippen LogP contribution in [-0.2, 0) is 38.9 Å². The third-order valence-electron chi connectivity index (χ3n) is 7.84. The van der Waals surface area contributed by atoms with Gasteiger partial charge in [0.15, 0.2) is 9.84 Å². The number of carbonyl (C=O) groups is 1. The van der Waals surface area contributed by atoms with Gasteiger partial charge in [-0.05, 0) is 67.6 Å². The molecule has 0 radical (unpaired) electrons. The van der Waals surface area contributed by atoms with Gasteiger partial charge < -0.3 is 10.0 Å². The number of fused-ring (bicyclic) bond motifs is 1. The van der Waals surface area contributed by atoms with Gasteiger partial charge in [0.2, 0.25) is 10.0 Å². The number of non-ortho nitro benzene ring substituents is 1. The average molecular weight is 865 g/mol. The van der Waals surface area contributed by atoms with Crippen LogP contribution in [0.25, 0.3) is 10.8 Å². The fourth-order valence-electron chi connectivity index (χ4n) is 5.40. The van der Waals surface area contributed by atoms with Crippen LogP contribution in [0.5, 0.6) is 5.75 Å². The quantitative estimate of drug-likeness (QED) is 0.0529. The van der Waals surface area contributed by atoms with Gasteiger partial charge in [0, 0.05) is 57.8 Å². The molecule has 1 amide bonds. The number of phenols is 1. The van der Waals surface area contributed by atoms with Crippen molar-refractivity contribution >= 4 is 100 Å². The van der Waals surface area contributed by atoms with Crippen molar-refractivity contribution in [3.8, 4) is 5.75 Å². The number of anilines is 3. The number of phenolic OH excluding ortho intramolecular Hbond substituents is 1. The lowest BCUT2D eigenvalue weighted by molar-refractivity contribution is -0.385. The maximum absolute atomic E-state index is 14.1. The van der Waals surface area contributed by atoms with Crippen LogP contribution < -0.4 is 14.3 Å². The summed E-state index contributed by atoms with van der Waals surface area (Å²) in [6.07, 6.45) is 1.67. The lowest BCUT2D eigenvalue weighted by atomic mass is 10.0. The van der Waals surface area contributed by atoms with Gasteiger partial charge in [0.05, 0.1) is 37.9 Å². The van der Waals surface area contributed by atoms with Gasteiger partial charge in [0.1, 0.15) is 16.3 Å². The first-order valence-electron chi connectivity index (χ1n) is 15.7. The van der Waals surface area contributed by atoms with E-state index in [2.05, 4.69) is 19.7 Å². The van der Waals surface area contributed by atoms with E-state index >= 15 is 0 Å². The van der Waals surface area contributed by atoms with Crippen LogP contribution in [0.4, 0.5) is 34.1 Å². The first-order valence-corrected chi connectivity index (χ1v) is 23.2. The van der Waals surface area contributed by atoms with Gasteiger partial charge in [-0.3, -0.25) is 24.4 Å². The van der Waals surface area contributed by atoms with Gasteiger partial charge >= 0.3 is 0 Å². The largest absolute Gasteiger partial charge is 0.506 e. The summed E-state index contributed by atoms with van der Waals surface area (Å²) in [5, 5.41) is 30.9. The Morgan fingerprint density at radius 1 is 0.821 bits per heavy atom. The number of carbonyl (C=O) groups excluding carboxylic acids is 1. The third kappa shape index (κ3) is 9.22. The summed E-state index contributed by atoms with van der Waals surface area (Å²) < 4.78 is 104. The second-order valence-corrected chi connectivity index (χ2v) is 19.9. The van der Waals surface area contributed by atoms with Crippen LogP contribution in [0.1, 0.15) is 17.3 Å². The lowest BCUT2D eigenvalue weighted by Crippen LogP contribution is -2.30. The van der Waals surface area contributed by atoms with E-state index in [0.717, 1.165) is 42.8 Å². The minimum Gasteiger partial charge on any atom is -0.506 e. The normalized spacial score (nSPS) is 12.4. The van der Waals surface area contributed by atoms with Gasteiger partial charge in [-0.1, -0.05) is 18.2 Å². The molecule has 0 aliphatic rings. The van der Waals surface area contributed by atoms with E-state index in [1.165, 1.54) is 65.6 Å². The second kappa shape index (κ2) is 15.5. The Labute approximate surface area is 325 Å². The molecule has 0 fully saturated rings. The summed E-state index contributed by atoms with van der Waals surface area (Å²) in [4.78, 5) is 24.7. The highest BCUT2D eigenvalue weighted by Gasteiger charge is 2.26. The van der Waals surface area contributed by atoms with E-state index in [-0.39, 0.29) is 55.5 Å². The molecule has 0 saturated heterocycles. The summed E-state index contributed by atoms with van der Waals surface area (Å²) in [5.41, 5.74) is -1.68. The van der Waals surface area contributed by atoms with Crippen molar-refractivity contribution in [2.24, 2.45) is 10.2 Å². The minimum atomic E-state index is -4.52. The van der Waals surface area contributed by atoms with E-state index in [1.807, 2.05) is 0 Å². The molecule has 3 N–H and O–H groups in total. The van der Waals surface area contributed by atoms with Crippen molar-refractivity contribution in [2.45, 2.75) is 21.6 Å². The highest BCUT2D eigenvalue weighted by molar-refractivity contribution is 8.13. The van der Waals surface area contributed by atoms with E-state index in [0.29, 0.717) is 0 Å². The molecular formula is C33H29ClN6O12S4. The molecular weight excluding hydrogens is 836 g/mol. The van der Waals surface area contributed by atoms with Crippen LogP contribution >= 0.6 is 10.7 Å². The van der Waals surface area contributed by atoms with Gasteiger partial charge in [0.25, 0.3) is 30.7 Å². The Bertz CT molecular complexity index is 2910. The Hall–Kier alpha value is -5.68. The van der Waals surface area contributed by atoms with Crippen molar-refractivity contribution in [1.82, 2.24) is 0 Å². The molecule has 0 aliphatic heterocycles. The fourth-order valence-corrected chi connectivity index (χ4v) is 8.67. The van der Waals surface area contributed by atoms with Crippen molar-refractivity contribution in [3.05, 3.63) is 107 Å². The first-order chi connectivity index (χ1) is 26.0. The van der Waals surface area contributed by atoms with E-state index in [9.17, 15) is 53.7 Å². The number of amides is 1. The lowest BCUT2D eigenvalue weighted by Gasteiger charge is -2.23. The molecule has 0 aromatic heterocycles. The van der Waals surface area contributed by atoms with E-state index < -0.39 is 71.7 Å². The number of rotatable bonds is 13. The van der Waals surface area contributed by atoms with Gasteiger partial charge in [-0.25, -0.2) is 33.7 Å². The Morgan fingerprint density at radius 2 is 1.46 bits per heavy atom. The number of sulfonamides is 2. The van der Waals surface area contributed by atoms with E-state index in [1.54, 1.807) is 6.92 Å². The predicted octanol–water partition coefficient (Wildman–Crippen LogP) is 6.04. The predicted molar refractivity (Wildman–Crippen MR) is 209 cm³/mol. The molecule has 5 aromatic rings. The number of nitrogens with one attached hydrogen (secondary N) is 2. The highest BCUT2D eigenvalue weighted by atomic mass is 35.7. The topological polar surface area (TPSA) is 269 Å². The van der Waals surface area contributed by atoms with Crippen LogP contribution in [0.15, 0.2) is 116 Å². The molecule has 23 heteroatoms. The number of nitrogens with zero attached hydrogens (tertiary/aromatic N) is 4. The van der Waals surface area contributed by atoms with Gasteiger partial charge in [-0.15, -0.1) is 10.2 Å². The first kappa shape index (κ1) is 41.5. The molecule has 0 saturated carbocycles. The molecule has 0 spiro atoms. The van der Waals surface area contributed by atoms with Gasteiger partial charge in [-0.2, -0.15) is 0 Å². The number of benzene rings is 5. The molecule has 18 nitrogen and oxygen atoms in total. The Morgan fingerprint density at radius 3 is 2.05 bits per heavy atom. The van der Waals surface area contributed by atoms with Crippen LogP contribution in [0.2, 0.25) is 0 Å². The summed E-state index contributed by atoms with van der Waals surface area (Å²) in [7, 11) is -11.1. The number of azo groups is 1. The molecule has 294 valence electrons. The number of hydrogen-bond acceptors (Lipinski definition) is 14. The zero-order valence-electron chi connectivity index (χ0n) is 29.1. The SMILES string of the molecule is CCN(C(=O)c1cc(N=Nc2ccc([N+](=O)[O-])cc2S(C)(=O)=O)c2c(NS(=O)(=O)c3cccc(NS(C)(=O)=O)c3)cccc2c1O)c1ccc(S(=O)(=O)Cl)cc1. The fraction of sp³-hybridized carbons (Fsp3) is 0.121. The maximum Gasteiger partial charge on any atom is 0.270 e. The molecule has 0 aliphatic carbocycles. The summed E-state index contributed by atoms with van der Waals surface area (Å²) in [6, 6.07) is 17.6. The molecule has 0 atom stereocenters. The van der Waals surface area contributed by atoms with Crippen LogP contribution in [0, 0.1) is 10.1 Å². The molecule has 5 aromatic carbocycles. The highest BCUT2D eigenvalue weighted by Crippen LogP contribution is 2.43. The molecule has 0 unspecified atom stereocenters. The number of sulfone groups is 1. The molecule has 0 bridgehead atoms. The number of aromatic hydroxyl groups is 1.